The van der Waals surface area contributed by atoms with Crippen molar-refractivity contribution < 1.29 is 4.79 Å². The molecule has 1 heterocycles. The van der Waals surface area contributed by atoms with Gasteiger partial charge in [-0.2, -0.15) is 0 Å². The van der Waals surface area contributed by atoms with Gasteiger partial charge in [-0.05, 0) is 32.9 Å². The van der Waals surface area contributed by atoms with Crippen LogP contribution in [0.1, 0.15) is 32.8 Å². The van der Waals surface area contributed by atoms with Gasteiger partial charge in [0.2, 0.25) is 5.91 Å². The van der Waals surface area contributed by atoms with E-state index in [1.54, 1.807) is 6.92 Å². The molecule has 0 aliphatic carbocycles. The standard InChI is InChI=1S/C21H35N5O.HI/c1-5-22-21(26-15-13-25(14-16-26)19(3)27)23-12-11-18(2)24(4)17-20-9-7-6-8-10-20;/h6-10,18H,5,11-17H2,1-4H3,(H,22,23);1H. The van der Waals surface area contributed by atoms with E-state index in [2.05, 4.69) is 66.3 Å². The van der Waals surface area contributed by atoms with E-state index in [1.165, 1.54) is 5.56 Å². The number of hydrogen-bond donors (Lipinski definition) is 1. The Kier molecular flexibility index (Phi) is 11.4. The van der Waals surface area contributed by atoms with E-state index in [4.69, 9.17) is 4.99 Å². The Balaban J connectivity index is 0.00000392. The number of halogens is 1. The van der Waals surface area contributed by atoms with Crippen molar-refractivity contribution in [2.75, 3.05) is 46.3 Å². The molecule has 0 radical (unpaired) electrons. The van der Waals surface area contributed by atoms with E-state index < -0.39 is 0 Å². The molecule has 1 atom stereocenters. The number of benzene rings is 1. The molecule has 1 saturated heterocycles. The molecule has 1 amide bonds. The third-order valence-corrected chi connectivity index (χ3v) is 5.20. The van der Waals surface area contributed by atoms with Crippen molar-refractivity contribution in [2.24, 2.45) is 4.99 Å². The van der Waals surface area contributed by atoms with Crippen LogP contribution in [-0.4, -0.2) is 78.9 Å². The van der Waals surface area contributed by atoms with Crippen molar-refractivity contribution in [2.45, 2.75) is 39.8 Å². The Bertz CT molecular complexity index is 602. The van der Waals surface area contributed by atoms with Crippen LogP contribution in [0.5, 0.6) is 0 Å². The average Bonchev–Trinajstić information content (AvgIpc) is 2.68. The molecular weight excluding hydrogens is 465 g/mol. The first-order chi connectivity index (χ1) is 13.0. The predicted octanol–water partition coefficient (Wildman–Crippen LogP) is 2.64. The van der Waals surface area contributed by atoms with Gasteiger partial charge < -0.3 is 15.1 Å². The molecule has 2 rings (SSSR count). The molecule has 6 nitrogen and oxygen atoms in total. The summed E-state index contributed by atoms with van der Waals surface area (Å²) in [6.45, 7) is 11.8. The largest absolute Gasteiger partial charge is 0.357 e. The lowest BCUT2D eigenvalue weighted by atomic mass is 10.1. The Labute approximate surface area is 187 Å². The smallest absolute Gasteiger partial charge is 0.219 e. The number of aliphatic imine (C=N–C) groups is 1. The molecule has 1 fully saturated rings. The first-order valence-corrected chi connectivity index (χ1v) is 10.0. The van der Waals surface area contributed by atoms with Crippen molar-refractivity contribution in [3.05, 3.63) is 35.9 Å². The number of carbonyl (C=O) groups excluding carboxylic acids is 1. The summed E-state index contributed by atoms with van der Waals surface area (Å²) in [5, 5.41) is 3.40. The number of nitrogens with one attached hydrogen (secondary N) is 1. The summed E-state index contributed by atoms with van der Waals surface area (Å²) in [5.74, 6) is 1.13. The normalized spacial score (nSPS) is 16.0. The van der Waals surface area contributed by atoms with Crippen molar-refractivity contribution in [1.82, 2.24) is 20.0 Å². The summed E-state index contributed by atoms with van der Waals surface area (Å²) >= 11 is 0. The first kappa shape index (κ1) is 24.7. The van der Waals surface area contributed by atoms with Gasteiger partial charge in [0, 0.05) is 58.8 Å². The summed E-state index contributed by atoms with van der Waals surface area (Å²) in [6, 6.07) is 11.0. The molecule has 0 aromatic heterocycles. The predicted molar refractivity (Wildman–Crippen MR) is 127 cm³/mol. The Morgan fingerprint density at radius 3 is 2.36 bits per heavy atom. The summed E-state index contributed by atoms with van der Waals surface area (Å²) in [4.78, 5) is 22.9. The zero-order chi connectivity index (χ0) is 19.6. The van der Waals surface area contributed by atoms with Gasteiger partial charge in [-0.3, -0.25) is 14.7 Å². The zero-order valence-electron chi connectivity index (χ0n) is 17.7. The van der Waals surface area contributed by atoms with Crippen LogP contribution in [0.25, 0.3) is 0 Å². The lowest BCUT2D eigenvalue weighted by Gasteiger charge is -2.36. The highest BCUT2D eigenvalue weighted by Crippen LogP contribution is 2.09. The van der Waals surface area contributed by atoms with Crippen LogP contribution in [0.3, 0.4) is 0 Å². The summed E-state index contributed by atoms with van der Waals surface area (Å²) in [7, 11) is 2.17. The number of piperazine rings is 1. The molecule has 1 unspecified atom stereocenters. The van der Waals surface area contributed by atoms with Crippen LogP contribution in [-0.2, 0) is 11.3 Å². The van der Waals surface area contributed by atoms with E-state index in [9.17, 15) is 4.79 Å². The van der Waals surface area contributed by atoms with Crippen molar-refractivity contribution in [3.63, 3.8) is 0 Å². The maximum absolute atomic E-state index is 11.5. The Hall–Kier alpha value is -1.35. The maximum atomic E-state index is 11.5. The van der Waals surface area contributed by atoms with E-state index >= 15 is 0 Å². The summed E-state index contributed by atoms with van der Waals surface area (Å²) in [6.07, 6.45) is 1.02. The molecule has 0 spiro atoms. The second-order valence-corrected chi connectivity index (χ2v) is 7.27. The average molecular weight is 501 g/mol. The van der Waals surface area contributed by atoms with E-state index in [1.807, 2.05) is 4.90 Å². The molecule has 28 heavy (non-hydrogen) atoms. The van der Waals surface area contributed by atoms with Crippen LogP contribution in [0, 0.1) is 0 Å². The fourth-order valence-electron chi connectivity index (χ4n) is 3.26. The van der Waals surface area contributed by atoms with E-state index in [0.717, 1.165) is 58.2 Å². The molecule has 0 saturated carbocycles. The number of rotatable bonds is 7. The SMILES string of the molecule is CCNC(=NCCC(C)N(C)Cc1ccccc1)N1CCN(C(C)=O)CC1.I. The number of hydrogen-bond acceptors (Lipinski definition) is 3. The van der Waals surface area contributed by atoms with E-state index in [-0.39, 0.29) is 29.9 Å². The fraction of sp³-hybridized carbons (Fsp3) is 0.619. The first-order valence-electron chi connectivity index (χ1n) is 10.0. The second-order valence-electron chi connectivity index (χ2n) is 7.27. The second kappa shape index (κ2) is 13.0. The van der Waals surface area contributed by atoms with E-state index in [0.29, 0.717) is 6.04 Å². The van der Waals surface area contributed by atoms with Gasteiger partial charge in [0.05, 0.1) is 0 Å². The lowest BCUT2D eigenvalue weighted by Crippen LogP contribution is -2.53. The molecule has 1 aliphatic rings. The zero-order valence-corrected chi connectivity index (χ0v) is 20.1. The topological polar surface area (TPSA) is 51.2 Å². The van der Waals surface area contributed by atoms with Gasteiger partial charge in [0.25, 0.3) is 0 Å². The fourth-order valence-corrected chi connectivity index (χ4v) is 3.26. The number of nitrogens with zero attached hydrogens (tertiary/aromatic N) is 4. The molecule has 1 aromatic carbocycles. The van der Waals surface area contributed by atoms with Crippen LogP contribution < -0.4 is 5.32 Å². The van der Waals surface area contributed by atoms with Crippen LogP contribution in [0.2, 0.25) is 0 Å². The van der Waals surface area contributed by atoms with Crippen molar-refractivity contribution >= 4 is 35.8 Å². The minimum absolute atomic E-state index is 0. The minimum atomic E-state index is 0. The summed E-state index contributed by atoms with van der Waals surface area (Å²) < 4.78 is 0. The van der Waals surface area contributed by atoms with Crippen LogP contribution >= 0.6 is 24.0 Å². The molecule has 1 aliphatic heterocycles. The minimum Gasteiger partial charge on any atom is -0.357 e. The van der Waals surface area contributed by atoms with Gasteiger partial charge in [0.1, 0.15) is 0 Å². The van der Waals surface area contributed by atoms with Crippen LogP contribution in [0.15, 0.2) is 35.3 Å². The quantitative estimate of drug-likeness (QED) is 0.355. The van der Waals surface area contributed by atoms with Gasteiger partial charge in [-0.25, -0.2) is 0 Å². The molecule has 1 N–H and O–H groups in total. The van der Waals surface area contributed by atoms with Gasteiger partial charge >= 0.3 is 0 Å². The molecule has 158 valence electrons. The van der Waals surface area contributed by atoms with Gasteiger partial charge in [-0.15, -0.1) is 24.0 Å². The Morgan fingerprint density at radius 2 is 1.79 bits per heavy atom. The Morgan fingerprint density at radius 1 is 1.18 bits per heavy atom. The number of carbonyl (C=O) groups is 1. The molecule has 7 heteroatoms. The van der Waals surface area contributed by atoms with Crippen LogP contribution in [0.4, 0.5) is 0 Å². The number of guanidine groups is 1. The summed E-state index contributed by atoms with van der Waals surface area (Å²) in [5.41, 5.74) is 1.34. The maximum Gasteiger partial charge on any atom is 0.219 e. The lowest BCUT2D eigenvalue weighted by molar-refractivity contribution is -0.130. The molecule has 1 aromatic rings. The van der Waals surface area contributed by atoms with Gasteiger partial charge in [0.15, 0.2) is 5.96 Å². The highest BCUT2D eigenvalue weighted by atomic mass is 127. The van der Waals surface area contributed by atoms with Crippen molar-refractivity contribution in [1.29, 1.82) is 0 Å². The van der Waals surface area contributed by atoms with Gasteiger partial charge in [-0.1, -0.05) is 30.3 Å². The number of amides is 1. The molecular formula is C21H36IN5O. The highest BCUT2D eigenvalue weighted by molar-refractivity contribution is 14.0. The highest BCUT2D eigenvalue weighted by Gasteiger charge is 2.20. The third kappa shape index (κ3) is 7.95. The third-order valence-electron chi connectivity index (χ3n) is 5.20. The molecule has 0 bridgehead atoms. The monoisotopic (exact) mass is 501 g/mol. The van der Waals surface area contributed by atoms with Crippen molar-refractivity contribution in [3.8, 4) is 0 Å².